The molecule has 0 radical (unpaired) electrons. The van der Waals surface area contributed by atoms with Crippen molar-refractivity contribution in [3.8, 4) is 0 Å². The third-order valence-electron chi connectivity index (χ3n) is 6.33. The molecule has 0 bridgehead atoms. The highest BCUT2D eigenvalue weighted by Crippen LogP contribution is 2.38. The first-order valence-corrected chi connectivity index (χ1v) is 11.9. The first kappa shape index (κ1) is 27.7. The molecule has 0 spiro atoms. The Morgan fingerprint density at radius 1 is 0.794 bits per heavy atom. The number of nitrogens with zero attached hydrogens (tertiary/aromatic N) is 2. The minimum absolute atomic E-state index is 0.158. The van der Waals surface area contributed by atoms with Crippen LogP contribution in [0.5, 0.6) is 0 Å². The molecule has 0 aromatic heterocycles. The molecule has 0 saturated carbocycles. The summed E-state index contributed by atoms with van der Waals surface area (Å²) in [5, 5.41) is 19.7. The smallest absolute Gasteiger partial charge is 0.410 e. The Hall–Kier alpha value is -2.52. The quantitative estimate of drug-likeness (QED) is 0.619. The van der Waals surface area contributed by atoms with Crippen molar-refractivity contribution in [2.24, 2.45) is 29.6 Å². The van der Waals surface area contributed by atoms with Crippen molar-refractivity contribution in [2.75, 3.05) is 26.2 Å². The van der Waals surface area contributed by atoms with Gasteiger partial charge in [0.15, 0.2) is 0 Å². The lowest BCUT2D eigenvalue weighted by Gasteiger charge is -2.44. The average Bonchev–Trinajstić information content (AvgIpc) is 2.64. The van der Waals surface area contributed by atoms with E-state index in [-0.39, 0.29) is 44.9 Å². The van der Waals surface area contributed by atoms with Crippen molar-refractivity contribution in [1.29, 1.82) is 0 Å². The van der Waals surface area contributed by atoms with Gasteiger partial charge in [0.25, 0.3) is 0 Å². The summed E-state index contributed by atoms with van der Waals surface area (Å²) in [6.45, 7) is 13.2. The van der Waals surface area contributed by atoms with E-state index in [4.69, 9.17) is 9.47 Å². The minimum Gasteiger partial charge on any atom is -0.481 e. The SMILES string of the molecule is C[C@H]1CN(C(=O)OC(C)(C)C)CC(C[C@@H]2CN(C(=O)OC(C)(C)C)CC[C@@H]2C(=O)O)[C@H]1C(=O)O. The molecular formula is C24H40N2O8. The second-order valence-corrected chi connectivity index (χ2v) is 11.6. The summed E-state index contributed by atoms with van der Waals surface area (Å²) in [5.41, 5.74) is -1.37. The Morgan fingerprint density at radius 3 is 1.76 bits per heavy atom. The summed E-state index contributed by atoms with van der Waals surface area (Å²) in [4.78, 5) is 52.5. The zero-order valence-corrected chi connectivity index (χ0v) is 21.4. The summed E-state index contributed by atoms with van der Waals surface area (Å²) >= 11 is 0. The van der Waals surface area contributed by atoms with Crippen LogP contribution >= 0.6 is 0 Å². The Morgan fingerprint density at radius 2 is 1.29 bits per heavy atom. The van der Waals surface area contributed by atoms with E-state index >= 15 is 0 Å². The summed E-state index contributed by atoms with van der Waals surface area (Å²) in [6.07, 6.45) is -0.503. The van der Waals surface area contributed by atoms with Crippen molar-refractivity contribution < 1.29 is 38.9 Å². The lowest BCUT2D eigenvalue weighted by Crippen LogP contribution is -2.53. The number of hydrogen-bond donors (Lipinski definition) is 2. The molecule has 0 aromatic carbocycles. The number of likely N-dealkylation sites (tertiary alicyclic amines) is 2. The molecule has 2 heterocycles. The zero-order chi connectivity index (χ0) is 26.0. The molecule has 0 aromatic rings. The molecule has 2 fully saturated rings. The summed E-state index contributed by atoms with van der Waals surface area (Å²) in [5.74, 6) is -4.64. The van der Waals surface area contributed by atoms with Crippen LogP contribution in [0.4, 0.5) is 9.59 Å². The summed E-state index contributed by atoms with van der Waals surface area (Å²) < 4.78 is 10.9. The van der Waals surface area contributed by atoms with Gasteiger partial charge in [0.1, 0.15) is 11.2 Å². The number of piperidine rings is 2. The van der Waals surface area contributed by atoms with E-state index in [1.54, 1.807) is 48.5 Å². The van der Waals surface area contributed by atoms with E-state index in [0.29, 0.717) is 0 Å². The van der Waals surface area contributed by atoms with Gasteiger partial charge in [0.05, 0.1) is 11.8 Å². The lowest BCUT2D eigenvalue weighted by molar-refractivity contribution is -0.150. The van der Waals surface area contributed by atoms with Crippen LogP contribution in [0.2, 0.25) is 0 Å². The van der Waals surface area contributed by atoms with E-state index in [2.05, 4.69) is 0 Å². The number of carboxylic acids is 2. The number of ether oxygens (including phenoxy) is 2. The van der Waals surface area contributed by atoms with Gasteiger partial charge in [0, 0.05) is 26.2 Å². The highest BCUT2D eigenvalue weighted by atomic mass is 16.6. The second-order valence-electron chi connectivity index (χ2n) is 11.6. The molecule has 34 heavy (non-hydrogen) atoms. The van der Waals surface area contributed by atoms with Gasteiger partial charge in [-0.05, 0) is 72.1 Å². The molecule has 2 rings (SSSR count). The molecule has 10 heteroatoms. The topological polar surface area (TPSA) is 134 Å². The number of amides is 2. The Balaban J connectivity index is 2.24. The van der Waals surface area contributed by atoms with E-state index in [1.165, 1.54) is 9.80 Å². The highest BCUT2D eigenvalue weighted by molar-refractivity contribution is 5.74. The standard InChI is InChI=1S/C24H40N2O8/c1-14-11-26(22(32)34-24(5,6)7)13-16(18(14)20(29)30)10-15-12-25(9-8-17(15)19(27)28)21(31)33-23(2,3)4/h14-18H,8-13H2,1-7H3,(H,27,28)(H,29,30)/t14-,15+,16?,17-,18-/m0/s1. The summed E-state index contributed by atoms with van der Waals surface area (Å²) in [7, 11) is 0. The fourth-order valence-corrected chi connectivity index (χ4v) is 5.02. The molecule has 2 N–H and O–H groups in total. The van der Waals surface area contributed by atoms with Gasteiger partial charge < -0.3 is 29.5 Å². The van der Waals surface area contributed by atoms with Gasteiger partial charge in [0.2, 0.25) is 0 Å². The largest absolute Gasteiger partial charge is 0.481 e. The number of aliphatic carboxylic acids is 2. The number of carbonyl (C=O) groups is 4. The van der Waals surface area contributed by atoms with Crippen LogP contribution in [-0.4, -0.2) is 81.5 Å². The molecular weight excluding hydrogens is 444 g/mol. The predicted octanol–water partition coefficient (Wildman–Crippen LogP) is 3.54. The third kappa shape index (κ3) is 7.50. The van der Waals surface area contributed by atoms with Gasteiger partial charge in [-0.15, -0.1) is 0 Å². The predicted molar refractivity (Wildman–Crippen MR) is 123 cm³/mol. The van der Waals surface area contributed by atoms with Gasteiger partial charge in [-0.2, -0.15) is 0 Å². The van der Waals surface area contributed by atoms with Crippen molar-refractivity contribution in [3.05, 3.63) is 0 Å². The van der Waals surface area contributed by atoms with Crippen LogP contribution in [0.3, 0.4) is 0 Å². The van der Waals surface area contributed by atoms with Crippen molar-refractivity contribution in [2.45, 2.75) is 72.5 Å². The minimum atomic E-state index is -0.965. The molecule has 0 aliphatic carbocycles. The Labute approximate surface area is 201 Å². The molecule has 2 amide bonds. The number of rotatable bonds is 4. The van der Waals surface area contributed by atoms with Gasteiger partial charge in [-0.1, -0.05) is 6.92 Å². The fraction of sp³-hybridized carbons (Fsp3) is 0.833. The number of hydrogen-bond acceptors (Lipinski definition) is 6. The maximum atomic E-state index is 12.7. The average molecular weight is 485 g/mol. The number of carboxylic acid groups (broad SMARTS) is 2. The highest BCUT2D eigenvalue weighted by Gasteiger charge is 2.45. The van der Waals surface area contributed by atoms with Gasteiger partial charge >= 0.3 is 24.1 Å². The van der Waals surface area contributed by atoms with Crippen molar-refractivity contribution >= 4 is 24.1 Å². The normalized spacial score (nSPS) is 28.3. The van der Waals surface area contributed by atoms with Crippen LogP contribution < -0.4 is 0 Å². The molecule has 10 nitrogen and oxygen atoms in total. The molecule has 5 atom stereocenters. The van der Waals surface area contributed by atoms with Crippen LogP contribution in [0.25, 0.3) is 0 Å². The van der Waals surface area contributed by atoms with E-state index < -0.39 is 59.0 Å². The summed E-state index contributed by atoms with van der Waals surface area (Å²) in [6, 6.07) is 0. The number of carbonyl (C=O) groups excluding carboxylic acids is 2. The van der Waals surface area contributed by atoms with Gasteiger partial charge in [-0.3, -0.25) is 9.59 Å². The zero-order valence-electron chi connectivity index (χ0n) is 21.4. The molecule has 194 valence electrons. The first-order valence-electron chi connectivity index (χ1n) is 11.9. The van der Waals surface area contributed by atoms with Crippen LogP contribution in [-0.2, 0) is 19.1 Å². The molecule has 2 saturated heterocycles. The van der Waals surface area contributed by atoms with Crippen molar-refractivity contribution in [1.82, 2.24) is 9.80 Å². The van der Waals surface area contributed by atoms with E-state index in [0.717, 1.165) is 0 Å². The van der Waals surface area contributed by atoms with Gasteiger partial charge in [-0.25, -0.2) is 9.59 Å². The Kier molecular flexibility index (Phi) is 8.48. The monoisotopic (exact) mass is 484 g/mol. The molecule has 1 unspecified atom stereocenters. The lowest BCUT2D eigenvalue weighted by atomic mass is 9.71. The van der Waals surface area contributed by atoms with E-state index in [9.17, 15) is 29.4 Å². The molecule has 2 aliphatic heterocycles. The van der Waals surface area contributed by atoms with E-state index in [1.807, 2.05) is 0 Å². The first-order chi connectivity index (χ1) is 15.5. The Bertz CT molecular complexity index is 785. The fourth-order valence-electron chi connectivity index (χ4n) is 5.02. The third-order valence-corrected chi connectivity index (χ3v) is 6.33. The maximum absolute atomic E-state index is 12.7. The van der Waals surface area contributed by atoms with Crippen LogP contribution in [0.15, 0.2) is 0 Å². The maximum Gasteiger partial charge on any atom is 0.410 e. The molecule has 2 aliphatic rings. The second kappa shape index (κ2) is 10.4. The van der Waals surface area contributed by atoms with Crippen LogP contribution in [0, 0.1) is 29.6 Å². The van der Waals surface area contributed by atoms with Crippen LogP contribution in [0.1, 0.15) is 61.3 Å². The van der Waals surface area contributed by atoms with Crippen molar-refractivity contribution in [3.63, 3.8) is 0 Å².